The minimum atomic E-state index is 0.310. The van der Waals surface area contributed by atoms with Gasteiger partial charge in [0.25, 0.3) is 0 Å². The van der Waals surface area contributed by atoms with Crippen LogP contribution in [0, 0.1) is 0 Å². The highest BCUT2D eigenvalue weighted by Gasteiger charge is 2.22. The first-order valence-corrected chi connectivity index (χ1v) is 6.86. The average Bonchev–Trinajstić information content (AvgIpc) is 2.48. The van der Waals surface area contributed by atoms with Crippen molar-refractivity contribution in [2.45, 2.75) is 31.6 Å². The van der Waals surface area contributed by atoms with Crippen LogP contribution in [-0.4, -0.2) is 10.8 Å². The summed E-state index contributed by atoms with van der Waals surface area (Å²) in [5.74, 6) is 0.688. The molecule has 1 aromatic carbocycles. The smallest absolute Gasteiger partial charge is 0.133 e. The van der Waals surface area contributed by atoms with E-state index in [2.05, 4.69) is 23.2 Å². The lowest BCUT2D eigenvalue weighted by Crippen LogP contribution is -2.14. The molecule has 2 nitrogen and oxygen atoms in total. The first-order valence-electron chi connectivity index (χ1n) is 6.86. The molecule has 19 heavy (non-hydrogen) atoms. The number of Topliss-reactive ketones (excluding diaryl/α,β-unsaturated/α-hetero) is 1. The van der Waals surface area contributed by atoms with E-state index >= 15 is 0 Å². The van der Waals surface area contributed by atoms with Crippen molar-refractivity contribution in [3.05, 3.63) is 54.4 Å². The predicted molar refractivity (Wildman–Crippen MR) is 75.9 cm³/mol. The Morgan fingerprint density at radius 3 is 2.68 bits per heavy atom. The van der Waals surface area contributed by atoms with E-state index < -0.39 is 0 Å². The molecule has 0 spiro atoms. The molecular weight excluding hydrogens is 234 g/mol. The van der Waals surface area contributed by atoms with Gasteiger partial charge in [0.2, 0.25) is 0 Å². The van der Waals surface area contributed by atoms with Crippen molar-refractivity contribution in [3.8, 4) is 11.1 Å². The van der Waals surface area contributed by atoms with Crippen LogP contribution in [0.3, 0.4) is 0 Å². The highest BCUT2D eigenvalue weighted by Crippen LogP contribution is 2.31. The van der Waals surface area contributed by atoms with E-state index in [1.54, 1.807) is 0 Å². The first-order chi connectivity index (χ1) is 9.33. The number of nitrogens with zero attached hydrogens (tertiary/aromatic N) is 1. The number of pyridine rings is 1. The average molecular weight is 251 g/mol. The summed E-state index contributed by atoms with van der Waals surface area (Å²) in [6.07, 6.45) is 5.34. The Hall–Kier alpha value is -1.96. The molecule has 2 heteroatoms. The van der Waals surface area contributed by atoms with Crippen molar-refractivity contribution in [3.63, 3.8) is 0 Å². The Morgan fingerprint density at radius 1 is 1.05 bits per heavy atom. The van der Waals surface area contributed by atoms with Gasteiger partial charge in [-0.15, -0.1) is 0 Å². The van der Waals surface area contributed by atoms with Crippen LogP contribution >= 0.6 is 0 Å². The van der Waals surface area contributed by atoms with Crippen molar-refractivity contribution < 1.29 is 4.79 Å². The van der Waals surface area contributed by atoms with E-state index in [0.717, 1.165) is 25.0 Å². The van der Waals surface area contributed by atoms with E-state index in [1.165, 1.54) is 11.1 Å². The molecule has 0 amide bonds. The fraction of sp³-hybridized carbons (Fsp3) is 0.294. The molecule has 0 bridgehead atoms. The minimum absolute atomic E-state index is 0.310. The van der Waals surface area contributed by atoms with Gasteiger partial charge in [0.15, 0.2) is 0 Å². The van der Waals surface area contributed by atoms with E-state index in [4.69, 9.17) is 0 Å². The van der Waals surface area contributed by atoms with Crippen molar-refractivity contribution in [2.75, 3.05) is 0 Å². The van der Waals surface area contributed by atoms with Crippen LogP contribution in [0.15, 0.2) is 48.7 Å². The monoisotopic (exact) mass is 251 g/mol. The van der Waals surface area contributed by atoms with Crippen LogP contribution in [0.2, 0.25) is 0 Å². The highest BCUT2D eigenvalue weighted by atomic mass is 16.1. The van der Waals surface area contributed by atoms with Crippen LogP contribution in [0.25, 0.3) is 11.1 Å². The molecule has 1 atom stereocenters. The maximum Gasteiger partial charge on any atom is 0.133 e. The number of rotatable bonds is 2. The summed E-state index contributed by atoms with van der Waals surface area (Å²) in [7, 11) is 0. The van der Waals surface area contributed by atoms with Gasteiger partial charge in [-0.2, -0.15) is 0 Å². The second-order valence-electron chi connectivity index (χ2n) is 5.17. The topological polar surface area (TPSA) is 30.0 Å². The van der Waals surface area contributed by atoms with Gasteiger partial charge in [0.05, 0.1) is 0 Å². The van der Waals surface area contributed by atoms with Gasteiger partial charge in [0.1, 0.15) is 5.78 Å². The zero-order valence-electron chi connectivity index (χ0n) is 10.9. The number of benzene rings is 1. The van der Waals surface area contributed by atoms with Gasteiger partial charge in [-0.25, -0.2) is 0 Å². The van der Waals surface area contributed by atoms with Crippen LogP contribution in [0.1, 0.15) is 37.3 Å². The Kier molecular flexibility index (Phi) is 3.41. The molecule has 1 aromatic heterocycles. The van der Waals surface area contributed by atoms with Crippen molar-refractivity contribution in [1.29, 1.82) is 0 Å². The molecule has 1 fully saturated rings. The van der Waals surface area contributed by atoms with Gasteiger partial charge in [-0.05, 0) is 36.1 Å². The molecule has 1 saturated carbocycles. The third-order valence-electron chi connectivity index (χ3n) is 3.79. The first kappa shape index (κ1) is 12.1. The van der Waals surface area contributed by atoms with Crippen LogP contribution in [0.5, 0.6) is 0 Å². The Balaban J connectivity index is 1.90. The Bertz CT molecular complexity index is 577. The highest BCUT2D eigenvalue weighted by molar-refractivity contribution is 5.80. The summed E-state index contributed by atoms with van der Waals surface area (Å²) in [5.41, 5.74) is 3.45. The standard InChI is InChI=1S/C17H17NO/c19-16-8-4-7-15(11-16)17-12-14(9-10-18-17)13-5-2-1-3-6-13/h1-3,5-6,9-10,12,15H,4,7-8,11H2/t15-/m0/s1. The predicted octanol–water partition coefficient (Wildman–Crippen LogP) is 3.98. The lowest BCUT2D eigenvalue weighted by molar-refractivity contribution is -0.120. The fourth-order valence-corrected chi connectivity index (χ4v) is 2.76. The van der Waals surface area contributed by atoms with Crippen LogP contribution < -0.4 is 0 Å². The second-order valence-corrected chi connectivity index (χ2v) is 5.17. The number of hydrogen-bond donors (Lipinski definition) is 0. The molecule has 1 aliphatic rings. The van der Waals surface area contributed by atoms with E-state index in [9.17, 15) is 4.79 Å². The molecule has 0 unspecified atom stereocenters. The summed E-state index contributed by atoms with van der Waals surface area (Å²) in [5, 5.41) is 0. The molecule has 3 rings (SSSR count). The molecule has 96 valence electrons. The number of aromatic nitrogens is 1. The summed E-state index contributed by atoms with van der Waals surface area (Å²) in [4.78, 5) is 16.0. The van der Waals surface area contributed by atoms with E-state index in [-0.39, 0.29) is 0 Å². The maximum atomic E-state index is 11.6. The summed E-state index contributed by atoms with van der Waals surface area (Å²) < 4.78 is 0. The maximum absolute atomic E-state index is 11.6. The number of hydrogen-bond acceptors (Lipinski definition) is 2. The van der Waals surface area contributed by atoms with Gasteiger partial charge in [0, 0.05) is 30.7 Å². The van der Waals surface area contributed by atoms with Gasteiger partial charge in [-0.3, -0.25) is 9.78 Å². The molecule has 1 heterocycles. The molecule has 0 radical (unpaired) electrons. The van der Waals surface area contributed by atoms with Crippen molar-refractivity contribution in [1.82, 2.24) is 4.98 Å². The molecule has 0 N–H and O–H groups in total. The third-order valence-corrected chi connectivity index (χ3v) is 3.79. The molecule has 0 saturated heterocycles. The second kappa shape index (κ2) is 5.35. The third kappa shape index (κ3) is 2.73. The molecular formula is C17H17NO. The zero-order valence-corrected chi connectivity index (χ0v) is 10.9. The minimum Gasteiger partial charge on any atom is -0.300 e. The van der Waals surface area contributed by atoms with E-state index in [0.29, 0.717) is 18.1 Å². The van der Waals surface area contributed by atoms with Gasteiger partial charge in [-0.1, -0.05) is 30.3 Å². The van der Waals surface area contributed by atoms with Crippen LogP contribution in [-0.2, 0) is 4.79 Å². The quantitative estimate of drug-likeness (QED) is 0.808. The fourth-order valence-electron chi connectivity index (χ4n) is 2.76. The van der Waals surface area contributed by atoms with Crippen molar-refractivity contribution in [2.24, 2.45) is 0 Å². The zero-order chi connectivity index (χ0) is 13.1. The lowest BCUT2D eigenvalue weighted by atomic mass is 9.85. The van der Waals surface area contributed by atoms with Crippen molar-refractivity contribution >= 4 is 5.78 Å². The molecule has 0 aliphatic heterocycles. The van der Waals surface area contributed by atoms with Crippen LogP contribution in [0.4, 0.5) is 0 Å². The van der Waals surface area contributed by atoms with Gasteiger partial charge >= 0.3 is 0 Å². The largest absolute Gasteiger partial charge is 0.300 e. The molecule has 1 aliphatic carbocycles. The summed E-state index contributed by atoms with van der Waals surface area (Å²) in [6.45, 7) is 0. The molecule has 2 aromatic rings. The summed E-state index contributed by atoms with van der Waals surface area (Å²) in [6, 6.07) is 14.5. The number of ketones is 1. The Labute approximate surface area is 113 Å². The van der Waals surface area contributed by atoms with Gasteiger partial charge < -0.3 is 0 Å². The van der Waals surface area contributed by atoms with E-state index in [1.807, 2.05) is 30.5 Å². The summed E-state index contributed by atoms with van der Waals surface area (Å²) >= 11 is 0. The lowest BCUT2D eigenvalue weighted by Gasteiger charge is -2.20. The Morgan fingerprint density at radius 2 is 1.89 bits per heavy atom. The number of carbonyl (C=O) groups excluding carboxylic acids is 1. The normalized spacial score (nSPS) is 19.4. The number of carbonyl (C=O) groups is 1. The SMILES string of the molecule is O=C1CCC[C@H](c2cc(-c3ccccc3)ccn2)C1.